The predicted molar refractivity (Wildman–Crippen MR) is 150 cm³/mol. The van der Waals surface area contributed by atoms with Crippen LogP contribution in [-0.4, -0.2) is 47.3 Å². The summed E-state index contributed by atoms with van der Waals surface area (Å²) >= 11 is 12.5. The van der Waals surface area contributed by atoms with Crippen molar-refractivity contribution in [1.82, 2.24) is 15.1 Å². The number of rotatable bonds is 8. The number of hydrogen-bond donors (Lipinski definition) is 2. The van der Waals surface area contributed by atoms with Crippen molar-refractivity contribution < 1.29 is 19.1 Å². The van der Waals surface area contributed by atoms with E-state index in [1.807, 2.05) is 37.3 Å². The van der Waals surface area contributed by atoms with Crippen molar-refractivity contribution in [2.75, 3.05) is 25.0 Å². The molecule has 4 amide bonds. The molecule has 2 aliphatic heterocycles. The van der Waals surface area contributed by atoms with Crippen LogP contribution in [0.4, 0.5) is 10.5 Å². The maximum Gasteiger partial charge on any atom is 0.322 e. The molecule has 0 unspecified atom stereocenters. The first-order valence-corrected chi connectivity index (χ1v) is 13.3. The third-order valence-electron chi connectivity index (χ3n) is 6.61. The molecule has 3 aromatic carbocycles. The van der Waals surface area contributed by atoms with Crippen LogP contribution in [-0.2, 0) is 9.59 Å². The van der Waals surface area contributed by atoms with Gasteiger partial charge < -0.3 is 20.3 Å². The van der Waals surface area contributed by atoms with Gasteiger partial charge in [-0.2, -0.15) is 0 Å². The number of benzene rings is 3. The van der Waals surface area contributed by atoms with Gasteiger partial charge >= 0.3 is 6.03 Å². The molecule has 0 saturated carbocycles. The van der Waals surface area contributed by atoms with E-state index < -0.39 is 6.04 Å². The minimum atomic E-state index is -0.706. The molecule has 0 aromatic heterocycles. The predicted octanol–water partition coefficient (Wildman–Crippen LogP) is 6.00. The Hall–Kier alpha value is -4.01. The van der Waals surface area contributed by atoms with Crippen LogP contribution in [0.15, 0.2) is 84.1 Å². The molecule has 0 fully saturated rings. The van der Waals surface area contributed by atoms with Crippen molar-refractivity contribution in [2.45, 2.75) is 19.4 Å². The van der Waals surface area contributed by atoms with Crippen molar-refractivity contribution in [3.63, 3.8) is 0 Å². The van der Waals surface area contributed by atoms with Gasteiger partial charge in [-0.15, -0.1) is 0 Å². The summed E-state index contributed by atoms with van der Waals surface area (Å²) in [6.07, 6.45) is 0.0917. The Balaban J connectivity index is 1.23. The first-order valence-electron chi connectivity index (χ1n) is 12.5. The lowest BCUT2D eigenvalue weighted by atomic mass is 9.95. The highest BCUT2D eigenvalue weighted by atomic mass is 35.5. The Kier molecular flexibility index (Phi) is 7.77. The minimum absolute atomic E-state index is 0.0917. The summed E-state index contributed by atoms with van der Waals surface area (Å²) in [6, 6.07) is 20.4. The molecule has 2 N–H and O–H groups in total. The van der Waals surface area contributed by atoms with E-state index in [0.717, 1.165) is 5.75 Å². The zero-order valence-corrected chi connectivity index (χ0v) is 22.6. The maximum atomic E-state index is 13.5. The van der Waals surface area contributed by atoms with E-state index in [1.165, 1.54) is 0 Å². The van der Waals surface area contributed by atoms with Crippen molar-refractivity contribution >= 4 is 46.7 Å². The molecule has 10 heteroatoms. The largest absolute Gasteiger partial charge is 0.457 e. The Morgan fingerprint density at radius 3 is 2.44 bits per heavy atom. The molecule has 2 aliphatic rings. The zero-order chi connectivity index (χ0) is 27.5. The summed E-state index contributed by atoms with van der Waals surface area (Å²) < 4.78 is 5.78. The second-order valence-corrected chi connectivity index (χ2v) is 9.96. The molecule has 39 heavy (non-hydrogen) atoms. The number of urea groups is 1. The van der Waals surface area contributed by atoms with Gasteiger partial charge in [-0.1, -0.05) is 47.5 Å². The van der Waals surface area contributed by atoms with Crippen LogP contribution in [0.1, 0.15) is 24.9 Å². The van der Waals surface area contributed by atoms with E-state index in [2.05, 4.69) is 10.6 Å². The fraction of sp³-hybridized carbons (Fsp3) is 0.207. The van der Waals surface area contributed by atoms with E-state index in [9.17, 15) is 14.4 Å². The zero-order valence-electron chi connectivity index (χ0n) is 21.1. The first-order chi connectivity index (χ1) is 18.8. The maximum absolute atomic E-state index is 13.5. The highest BCUT2D eigenvalue weighted by molar-refractivity contribution is 6.35. The molecule has 8 nitrogen and oxygen atoms in total. The van der Waals surface area contributed by atoms with Gasteiger partial charge in [0.25, 0.3) is 5.91 Å². The SMILES string of the molecule is CCN1C(=O)N[C@@H](c2ccc(Cl)cc2Cl)C2=C1CN(CCC(=O)Nc1ccc(Oc3ccccc3)cc1)C2=O. The lowest BCUT2D eigenvalue weighted by Gasteiger charge is -2.33. The summed E-state index contributed by atoms with van der Waals surface area (Å²) in [7, 11) is 0. The van der Waals surface area contributed by atoms with Crippen molar-refractivity contribution in [1.29, 1.82) is 0 Å². The number of carbonyl (C=O) groups excluding carboxylic acids is 3. The number of hydrogen-bond acceptors (Lipinski definition) is 4. The van der Waals surface area contributed by atoms with E-state index in [4.69, 9.17) is 27.9 Å². The normalized spacial score (nSPS) is 16.7. The fourth-order valence-corrected chi connectivity index (χ4v) is 5.24. The highest BCUT2D eigenvalue weighted by Gasteiger charge is 2.44. The van der Waals surface area contributed by atoms with Crippen molar-refractivity contribution in [3.8, 4) is 11.5 Å². The number of nitrogens with one attached hydrogen (secondary N) is 2. The summed E-state index contributed by atoms with van der Waals surface area (Å²) in [5, 5.41) is 6.57. The van der Waals surface area contributed by atoms with E-state index in [0.29, 0.717) is 44.9 Å². The second-order valence-electron chi connectivity index (χ2n) is 9.12. The average molecular weight is 565 g/mol. The molecule has 3 aromatic rings. The van der Waals surface area contributed by atoms with Crippen LogP contribution in [0, 0.1) is 0 Å². The van der Waals surface area contributed by atoms with Gasteiger partial charge in [-0.3, -0.25) is 14.5 Å². The lowest BCUT2D eigenvalue weighted by molar-refractivity contribution is -0.126. The molecule has 5 rings (SSSR count). The van der Waals surface area contributed by atoms with Gasteiger partial charge in [0.1, 0.15) is 11.5 Å². The number of nitrogens with zero attached hydrogens (tertiary/aromatic N) is 2. The van der Waals surface area contributed by atoms with Gasteiger partial charge in [0.05, 0.1) is 23.9 Å². The van der Waals surface area contributed by atoms with E-state index in [-0.39, 0.29) is 37.4 Å². The Morgan fingerprint density at radius 1 is 1.03 bits per heavy atom. The standard InChI is InChI=1S/C29H26Cl2N4O4/c1-2-35-24-17-34(28(37)26(24)27(33-29(35)38)22-13-8-18(30)16-23(22)31)15-14-25(36)32-19-9-11-21(12-10-19)39-20-6-4-3-5-7-20/h3-13,16,27H,2,14-15,17H2,1H3,(H,32,36)(H,33,38)/t27-/m0/s1. The number of likely N-dealkylation sites (N-methyl/N-ethyl adjacent to an activating group) is 1. The lowest BCUT2D eigenvalue weighted by Crippen LogP contribution is -2.47. The summed E-state index contributed by atoms with van der Waals surface area (Å²) in [4.78, 5) is 42.2. The summed E-state index contributed by atoms with van der Waals surface area (Å²) in [6.45, 7) is 2.67. The first kappa shape index (κ1) is 26.6. The molecule has 0 bridgehead atoms. The van der Waals surface area contributed by atoms with Crippen LogP contribution in [0.5, 0.6) is 11.5 Å². The van der Waals surface area contributed by atoms with Crippen LogP contribution in [0.25, 0.3) is 0 Å². The molecule has 1 atom stereocenters. The molecule has 200 valence electrons. The van der Waals surface area contributed by atoms with Gasteiger partial charge in [-0.25, -0.2) is 4.79 Å². The second kappa shape index (κ2) is 11.4. The Morgan fingerprint density at radius 2 is 1.74 bits per heavy atom. The van der Waals surface area contributed by atoms with Crippen LogP contribution in [0.3, 0.4) is 0 Å². The fourth-order valence-electron chi connectivity index (χ4n) is 4.72. The van der Waals surface area contributed by atoms with Gasteiger partial charge in [0.2, 0.25) is 5.91 Å². The third kappa shape index (κ3) is 5.72. The van der Waals surface area contributed by atoms with Crippen molar-refractivity contribution in [3.05, 3.63) is 99.7 Å². The van der Waals surface area contributed by atoms with Crippen LogP contribution >= 0.6 is 23.2 Å². The average Bonchev–Trinajstić information content (AvgIpc) is 3.25. The topological polar surface area (TPSA) is 91.0 Å². The van der Waals surface area contributed by atoms with Crippen molar-refractivity contribution in [2.24, 2.45) is 0 Å². The summed E-state index contributed by atoms with van der Waals surface area (Å²) in [5.74, 6) is 0.899. The molecule has 0 radical (unpaired) electrons. The van der Waals surface area contributed by atoms with E-state index >= 15 is 0 Å². The number of carbonyl (C=O) groups is 3. The highest BCUT2D eigenvalue weighted by Crippen LogP contribution is 2.39. The van der Waals surface area contributed by atoms with Gasteiger partial charge in [0, 0.05) is 35.2 Å². The Labute approximate surface area is 236 Å². The quantitative estimate of drug-likeness (QED) is 0.351. The molecule has 0 aliphatic carbocycles. The Bertz CT molecular complexity index is 1440. The number of anilines is 1. The minimum Gasteiger partial charge on any atom is -0.457 e. The monoisotopic (exact) mass is 564 g/mol. The molecule has 2 heterocycles. The molecular formula is C29H26Cl2N4O4. The number of halogens is 2. The smallest absolute Gasteiger partial charge is 0.322 e. The van der Waals surface area contributed by atoms with Crippen LogP contribution in [0.2, 0.25) is 10.0 Å². The number of ether oxygens (including phenoxy) is 1. The summed E-state index contributed by atoms with van der Waals surface area (Å²) in [5.41, 5.74) is 2.28. The number of para-hydroxylation sites is 1. The number of amides is 4. The van der Waals surface area contributed by atoms with Gasteiger partial charge in [0.15, 0.2) is 0 Å². The third-order valence-corrected chi connectivity index (χ3v) is 7.17. The molecule has 0 spiro atoms. The van der Waals surface area contributed by atoms with Gasteiger partial charge in [-0.05, 0) is 61.0 Å². The van der Waals surface area contributed by atoms with Crippen LogP contribution < -0.4 is 15.4 Å². The molecule has 0 saturated heterocycles. The van der Waals surface area contributed by atoms with E-state index in [1.54, 1.807) is 52.3 Å². The molecular weight excluding hydrogens is 539 g/mol.